The van der Waals surface area contributed by atoms with Crippen LogP contribution in [0.1, 0.15) is 91.4 Å². The Morgan fingerprint density at radius 3 is 2.35 bits per heavy atom. The minimum absolute atomic E-state index is 0.00670. The standard InChI is InChI=1S/C27H46N6O4/c1-4-5-6-7-8-9-10-11-12-13-23(34)37-18-21(14-15-36-26(35)24(28)20(2)3)17-33-19-31-22-16-30-27(29)32-25(22)33/h16,19-21,24H,4-15,17-18,28H2,1-3H3,(H2,29,30,32)/t21?,24-/m0/s1. The van der Waals surface area contributed by atoms with Crippen LogP contribution in [0.4, 0.5) is 5.95 Å². The van der Waals surface area contributed by atoms with Crippen molar-refractivity contribution in [2.24, 2.45) is 17.6 Å². The Morgan fingerprint density at radius 2 is 1.68 bits per heavy atom. The van der Waals surface area contributed by atoms with Gasteiger partial charge in [0.25, 0.3) is 0 Å². The zero-order valence-corrected chi connectivity index (χ0v) is 22.9. The van der Waals surface area contributed by atoms with Gasteiger partial charge in [-0.15, -0.1) is 0 Å². The van der Waals surface area contributed by atoms with Gasteiger partial charge in [-0.25, -0.2) is 9.97 Å². The number of carbonyl (C=O) groups is 2. The first-order valence-corrected chi connectivity index (χ1v) is 13.8. The minimum atomic E-state index is -0.662. The maximum atomic E-state index is 12.4. The lowest BCUT2D eigenvalue weighted by Gasteiger charge is -2.19. The molecule has 0 aliphatic rings. The number of unbranched alkanes of at least 4 members (excludes halogenated alkanes) is 8. The van der Waals surface area contributed by atoms with Crippen molar-refractivity contribution in [1.82, 2.24) is 19.5 Å². The number of rotatable bonds is 19. The van der Waals surface area contributed by atoms with E-state index in [4.69, 9.17) is 20.9 Å². The van der Waals surface area contributed by atoms with E-state index in [-0.39, 0.29) is 37.0 Å². The summed E-state index contributed by atoms with van der Waals surface area (Å²) >= 11 is 0. The van der Waals surface area contributed by atoms with E-state index < -0.39 is 12.0 Å². The molecular formula is C27H46N6O4. The molecule has 208 valence electrons. The molecule has 0 spiro atoms. The Labute approximate surface area is 220 Å². The first-order valence-electron chi connectivity index (χ1n) is 13.8. The summed E-state index contributed by atoms with van der Waals surface area (Å²) in [4.78, 5) is 37.1. The van der Waals surface area contributed by atoms with Gasteiger partial charge < -0.3 is 25.5 Å². The van der Waals surface area contributed by atoms with Gasteiger partial charge in [0, 0.05) is 18.9 Å². The molecule has 2 aromatic heterocycles. The van der Waals surface area contributed by atoms with Gasteiger partial charge in [0.2, 0.25) is 5.95 Å². The van der Waals surface area contributed by atoms with Crippen molar-refractivity contribution in [2.45, 2.75) is 104 Å². The third-order valence-electron chi connectivity index (χ3n) is 6.56. The van der Waals surface area contributed by atoms with Crippen molar-refractivity contribution in [2.75, 3.05) is 18.9 Å². The van der Waals surface area contributed by atoms with Crippen molar-refractivity contribution >= 4 is 29.1 Å². The van der Waals surface area contributed by atoms with E-state index in [2.05, 4.69) is 21.9 Å². The lowest BCUT2D eigenvalue weighted by atomic mass is 10.1. The highest BCUT2D eigenvalue weighted by Crippen LogP contribution is 2.16. The fourth-order valence-electron chi connectivity index (χ4n) is 4.07. The fourth-order valence-corrected chi connectivity index (χ4v) is 4.07. The normalized spacial score (nSPS) is 13.1. The van der Waals surface area contributed by atoms with E-state index in [1.165, 1.54) is 38.5 Å². The fraction of sp³-hybridized carbons (Fsp3) is 0.741. The van der Waals surface area contributed by atoms with Crippen molar-refractivity contribution in [3.63, 3.8) is 0 Å². The number of ether oxygens (including phenoxy) is 2. The molecule has 10 nitrogen and oxygen atoms in total. The zero-order valence-electron chi connectivity index (χ0n) is 22.9. The van der Waals surface area contributed by atoms with E-state index in [9.17, 15) is 9.59 Å². The van der Waals surface area contributed by atoms with Crippen LogP contribution in [0, 0.1) is 11.8 Å². The highest BCUT2D eigenvalue weighted by molar-refractivity contribution is 5.75. The first-order chi connectivity index (χ1) is 17.8. The molecule has 0 bridgehead atoms. The van der Waals surface area contributed by atoms with Gasteiger partial charge >= 0.3 is 11.9 Å². The summed E-state index contributed by atoms with van der Waals surface area (Å²) in [7, 11) is 0. The Bertz CT molecular complexity index is 948. The van der Waals surface area contributed by atoms with Gasteiger partial charge in [-0.3, -0.25) is 9.59 Å². The second kappa shape index (κ2) is 16.9. The van der Waals surface area contributed by atoms with Gasteiger partial charge in [0.15, 0.2) is 5.65 Å². The molecule has 37 heavy (non-hydrogen) atoms. The lowest BCUT2D eigenvalue weighted by Crippen LogP contribution is -2.37. The Hall–Kier alpha value is -2.75. The molecule has 1 unspecified atom stereocenters. The highest BCUT2D eigenvalue weighted by atomic mass is 16.5. The molecule has 10 heteroatoms. The predicted octanol–water partition coefficient (Wildman–Crippen LogP) is 4.41. The number of nitrogens with two attached hydrogens (primary N) is 2. The van der Waals surface area contributed by atoms with E-state index >= 15 is 0 Å². The summed E-state index contributed by atoms with van der Waals surface area (Å²) in [5.74, 6) is -0.579. The quantitative estimate of drug-likeness (QED) is 0.204. The largest absolute Gasteiger partial charge is 0.465 e. The topological polar surface area (TPSA) is 148 Å². The smallest absolute Gasteiger partial charge is 0.323 e. The van der Waals surface area contributed by atoms with Crippen LogP contribution in [0.25, 0.3) is 11.2 Å². The number of hydrogen-bond donors (Lipinski definition) is 2. The van der Waals surface area contributed by atoms with Gasteiger partial charge in [-0.1, -0.05) is 72.1 Å². The first kappa shape index (κ1) is 30.5. The molecule has 0 aliphatic heterocycles. The number of esters is 2. The van der Waals surface area contributed by atoms with Gasteiger partial charge in [0.05, 0.1) is 25.7 Å². The molecule has 0 saturated carbocycles. The summed E-state index contributed by atoms with van der Waals surface area (Å²) < 4.78 is 12.9. The van der Waals surface area contributed by atoms with Crippen LogP contribution in [0.5, 0.6) is 0 Å². The molecule has 2 atom stereocenters. The predicted molar refractivity (Wildman–Crippen MR) is 144 cm³/mol. The minimum Gasteiger partial charge on any atom is -0.465 e. The van der Waals surface area contributed by atoms with Crippen LogP contribution in [-0.4, -0.2) is 50.7 Å². The molecule has 4 N–H and O–H groups in total. The van der Waals surface area contributed by atoms with Crippen molar-refractivity contribution in [1.29, 1.82) is 0 Å². The Morgan fingerprint density at radius 1 is 1.00 bits per heavy atom. The number of carbonyl (C=O) groups excluding carboxylic acids is 2. The number of imidazole rings is 1. The molecule has 0 aliphatic carbocycles. The number of fused-ring (bicyclic) bond motifs is 1. The molecule has 2 heterocycles. The van der Waals surface area contributed by atoms with Gasteiger partial charge in [0.1, 0.15) is 11.6 Å². The summed E-state index contributed by atoms with van der Waals surface area (Å²) in [6.07, 6.45) is 14.9. The van der Waals surface area contributed by atoms with Gasteiger partial charge in [-0.05, 0) is 18.8 Å². The van der Waals surface area contributed by atoms with Crippen LogP contribution < -0.4 is 11.5 Å². The average Bonchev–Trinajstić information content (AvgIpc) is 3.26. The number of hydrogen-bond acceptors (Lipinski definition) is 9. The Kier molecular flexibility index (Phi) is 13.9. The van der Waals surface area contributed by atoms with Crippen LogP contribution in [0.2, 0.25) is 0 Å². The van der Waals surface area contributed by atoms with Gasteiger partial charge in [-0.2, -0.15) is 4.98 Å². The van der Waals surface area contributed by atoms with E-state index in [0.29, 0.717) is 30.6 Å². The third-order valence-corrected chi connectivity index (χ3v) is 6.56. The second-order valence-electron chi connectivity index (χ2n) is 10.2. The number of anilines is 1. The molecule has 0 fully saturated rings. The van der Waals surface area contributed by atoms with E-state index in [1.54, 1.807) is 12.5 Å². The van der Waals surface area contributed by atoms with Crippen molar-refractivity contribution in [3.8, 4) is 0 Å². The lowest BCUT2D eigenvalue weighted by molar-refractivity contribution is -0.149. The maximum Gasteiger partial charge on any atom is 0.323 e. The molecule has 2 aromatic rings. The summed E-state index contributed by atoms with van der Waals surface area (Å²) in [5, 5.41) is 0. The van der Waals surface area contributed by atoms with Crippen molar-refractivity contribution < 1.29 is 19.1 Å². The third kappa shape index (κ3) is 11.5. The molecule has 0 saturated heterocycles. The van der Waals surface area contributed by atoms with Crippen LogP contribution in [0.15, 0.2) is 12.5 Å². The van der Waals surface area contributed by atoms with Crippen molar-refractivity contribution in [3.05, 3.63) is 12.5 Å². The SMILES string of the molecule is CCCCCCCCCCCC(=O)OCC(CCOC(=O)[C@@H](N)C(C)C)Cn1cnc2cnc(N)nc21. The van der Waals surface area contributed by atoms with Crippen LogP contribution in [0.3, 0.4) is 0 Å². The van der Waals surface area contributed by atoms with E-state index in [0.717, 1.165) is 19.3 Å². The molecule has 2 rings (SSSR count). The zero-order chi connectivity index (χ0) is 27.0. The number of nitrogens with zero attached hydrogens (tertiary/aromatic N) is 4. The molecule has 0 radical (unpaired) electrons. The maximum absolute atomic E-state index is 12.4. The summed E-state index contributed by atoms with van der Waals surface area (Å²) in [5.41, 5.74) is 12.9. The number of aromatic nitrogens is 4. The highest BCUT2D eigenvalue weighted by Gasteiger charge is 2.21. The number of nitrogen functional groups attached to an aromatic ring is 1. The molecule has 0 amide bonds. The molecule has 0 aromatic carbocycles. The second-order valence-corrected chi connectivity index (χ2v) is 10.2. The average molecular weight is 519 g/mol. The summed E-state index contributed by atoms with van der Waals surface area (Å²) in [6, 6.07) is -0.662. The molecular weight excluding hydrogens is 472 g/mol. The Balaban J connectivity index is 1.82. The monoisotopic (exact) mass is 518 g/mol. The van der Waals surface area contributed by atoms with Crippen LogP contribution >= 0.6 is 0 Å². The van der Waals surface area contributed by atoms with E-state index in [1.807, 2.05) is 18.4 Å². The van der Waals surface area contributed by atoms with Crippen LogP contribution in [-0.2, 0) is 25.6 Å². The summed E-state index contributed by atoms with van der Waals surface area (Å²) in [6.45, 7) is 6.85.